The number of methoxy groups -OCH3 is 1. The van der Waals surface area contributed by atoms with Gasteiger partial charge in [-0.05, 0) is 0 Å². The van der Waals surface area contributed by atoms with Crippen molar-refractivity contribution >= 4 is 45.3 Å². The van der Waals surface area contributed by atoms with Crippen LogP contribution in [0.25, 0.3) is 10.3 Å². The van der Waals surface area contributed by atoms with Gasteiger partial charge in [0.2, 0.25) is 5.88 Å². The molecule has 10 heteroatoms. The molecule has 1 saturated heterocycles. The van der Waals surface area contributed by atoms with Crippen LogP contribution in [0.15, 0.2) is 6.33 Å². The zero-order valence-electron chi connectivity index (χ0n) is 11.3. The molecule has 0 saturated carbocycles. The molecule has 0 spiro atoms. The summed E-state index contributed by atoms with van der Waals surface area (Å²) >= 11 is 1.30. The molecule has 0 atom stereocenters. The lowest BCUT2D eigenvalue weighted by atomic mass is 10.4. The topological polar surface area (TPSA) is 92.3 Å². The minimum atomic E-state index is -0.141. The van der Waals surface area contributed by atoms with Gasteiger partial charge < -0.3 is 15.0 Å². The standard InChI is InChI=1S/C11H14N6O2S.ClH/c1-19-8-7-9(14-6-13-8)20-10(15-7)16-11(18)17-4-2-12-3-5-17;/h6,12H,2-5H2,1H3,(H,15,16,18);1H. The number of anilines is 1. The molecule has 0 aromatic carbocycles. The number of halogens is 1. The zero-order chi connectivity index (χ0) is 13.9. The van der Waals surface area contributed by atoms with E-state index >= 15 is 0 Å². The molecule has 2 N–H and O–H groups in total. The predicted molar refractivity (Wildman–Crippen MR) is 82.5 cm³/mol. The van der Waals surface area contributed by atoms with Crippen LogP contribution in [0.4, 0.5) is 9.93 Å². The SMILES string of the molecule is COc1ncnc2sc(NC(=O)N3CCNCC3)nc12.Cl. The Morgan fingerprint density at radius 1 is 1.43 bits per heavy atom. The largest absolute Gasteiger partial charge is 0.479 e. The lowest BCUT2D eigenvalue weighted by molar-refractivity contribution is 0.204. The van der Waals surface area contributed by atoms with Crippen molar-refractivity contribution in [1.29, 1.82) is 0 Å². The highest BCUT2D eigenvalue weighted by molar-refractivity contribution is 7.22. The number of urea groups is 1. The Morgan fingerprint density at radius 3 is 2.90 bits per heavy atom. The smallest absolute Gasteiger partial charge is 0.323 e. The van der Waals surface area contributed by atoms with Crippen molar-refractivity contribution in [2.75, 3.05) is 38.6 Å². The van der Waals surface area contributed by atoms with Gasteiger partial charge in [-0.3, -0.25) is 5.32 Å². The summed E-state index contributed by atoms with van der Waals surface area (Å²) in [5.41, 5.74) is 0.565. The number of piperazine rings is 1. The summed E-state index contributed by atoms with van der Waals surface area (Å²) in [6.45, 7) is 3.01. The van der Waals surface area contributed by atoms with Gasteiger partial charge in [-0.2, -0.15) is 4.98 Å². The van der Waals surface area contributed by atoms with E-state index in [4.69, 9.17) is 4.74 Å². The first kappa shape index (κ1) is 15.7. The quantitative estimate of drug-likeness (QED) is 0.852. The van der Waals surface area contributed by atoms with Gasteiger partial charge in [-0.15, -0.1) is 12.4 Å². The molecule has 2 aromatic heterocycles. The highest BCUT2D eigenvalue weighted by atomic mass is 35.5. The molecule has 1 fully saturated rings. The van der Waals surface area contributed by atoms with E-state index in [1.54, 1.807) is 4.90 Å². The number of nitrogens with one attached hydrogen (secondary N) is 2. The number of hydrogen-bond acceptors (Lipinski definition) is 7. The van der Waals surface area contributed by atoms with E-state index in [1.165, 1.54) is 24.8 Å². The molecule has 2 amide bonds. The first-order valence-electron chi connectivity index (χ1n) is 6.20. The lowest BCUT2D eigenvalue weighted by Crippen LogP contribution is -2.48. The van der Waals surface area contributed by atoms with Crippen molar-refractivity contribution in [3.8, 4) is 5.88 Å². The van der Waals surface area contributed by atoms with Gasteiger partial charge in [0.05, 0.1) is 7.11 Å². The Kier molecular flexibility index (Phi) is 5.10. The molecule has 2 aromatic rings. The van der Waals surface area contributed by atoms with Gasteiger partial charge in [-0.25, -0.2) is 14.8 Å². The predicted octanol–water partition coefficient (Wildman–Crippen LogP) is 0.954. The molecule has 114 valence electrons. The molecule has 21 heavy (non-hydrogen) atoms. The monoisotopic (exact) mass is 330 g/mol. The number of rotatable bonds is 2. The Bertz CT molecular complexity index is 630. The first-order valence-corrected chi connectivity index (χ1v) is 7.02. The fourth-order valence-corrected chi connectivity index (χ4v) is 2.76. The maximum absolute atomic E-state index is 12.1. The number of fused-ring (bicyclic) bond motifs is 1. The third kappa shape index (κ3) is 3.31. The molecule has 0 radical (unpaired) electrons. The molecule has 1 aliphatic heterocycles. The number of amides is 2. The van der Waals surface area contributed by atoms with Gasteiger partial charge in [0, 0.05) is 26.2 Å². The molecule has 1 aliphatic rings. The second-order valence-corrected chi connectivity index (χ2v) is 5.20. The molecular formula is C11H15ClN6O2S. The van der Waals surface area contributed by atoms with E-state index in [9.17, 15) is 4.79 Å². The van der Waals surface area contributed by atoms with Crippen LogP contribution in [0.1, 0.15) is 0 Å². The van der Waals surface area contributed by atoms with Crippen LogP contribution in [0.3, 0.4) is 0 Å². The Balaban J connectivity index is 0.00000161. The van der Waals surface area contributed by atoms with Crippen LogP contribution in [0.2, 0.25) is 0 Å². The average Bonchev–Trinajstić information content (AvgIpc) is 2.90. The van der Waals surface area contributed by atoms with E-state index in [0.717, 1.165) is 13.1 Å². The summed E-state index contributed by atoms with van der Waals surface area (Å²) in [7, 11) is 1.53. The van der Waals surface area contributed by atoms with Crippen molar-refractivity contribution < 1.29 is 9.53 Å². The number of carbonyl (C=O) groups excluding carboxylic acids is 1. The summed E-state index contributed by atoms with van der Waals surface area (Å²) in [6, 6.07) is -0.141. The van der Waals surface area contributed by atoms with Gasteiger partial charge >= 0.3 is 6.03 Å². The van der Waals surface area contributed by atoms with E-state index in [0.29, 0.717) is 34.4 Å². The first-order chi connectivity index (χ1) is 9.78. The van der Waals surface area contributed by atoms with Gasteiger partial charge in [0.15, 0.2) is 15.5 Å². The maximum Gasteiger partial charge on any atom is 0.323 e. The van der Waals surface area contributed by atoms with Crippen LogP contribution >= 0.6 is 23.7 Å². The number of aromatic nitrogens is 3. The van der Waals surface area contributed by atoms with E-state index in [-0.39, 0.29) is 18.4 Å². The maximum atomic E-state index is 12.1. The highest BCUT2D eigenvalue weighted by Gasteiger charge is 2.18. The van der Waals surface area contributed by atoms with Gasteiger partial charge in [0.1, 0.15) is 6.33 Å². The minimum absolute atomic E-state index is 0. The Morgan fingerprint density at radius 2 is 2.19 bits per heavy atom. The van der Waals surface area contributed by atoms with Crippen molar-refractivity contribution in [3.63, 3.8) is 0 Å². The Hall–Kier alpha value is -1.71. The molecule has 3 rings (SSSR count). The fourth-order valence-electron chi connectivity index (χ4n) is 1.98. The van der Waals surface area contributed by atoms with E-state index in [1.807, 2.05) is 0 Å². The average molecular weight is 331 g/mol. The van der Waals surface area contributed by atoms with Gasteiger partial charge in [-0.1, -0.05) is 11.3 Å². The van der Waals surface area contributed by atoms with Crippen molar-refractivity contribution in [2.45, 2.75) is 0 Å². The normalized spacial score (nSPS) is 14.6. The number of thiazole rings is 1. The van der Waals surface area contributed by atoms with Crippen LogP contribution in [0, 0.1) is 0 Å². The van der Waals surface area contributed by atoms with Crippen LogP contribution in [-0.4, -0.2) is 59.2 Å². The number of nitrogens with zero attached hydrogens (tertiary/aromatic N) is 4. The highest BCUT2D eigenvalue weighted by Crippen LogP contribution is 2.28. The Labute approximate surface area is 131 Å². The van der Waals surface area contributed by atoms with Crippen LogP contribution < -0.4 is 15.4 Å². The second-order valence-electron chi connectivity index (χ2n) is 4.22. The third-order valence-corrected chi connectivity index (χ3v) is 3.85. The van der Waals surface area contributed by atoms with Crippen molar-refractivity contribution in [1.82, 2.24) is 25.2 Å². The van der Waals surface area contributed by atoms with Crippen molar-refractivity contribution in [2.24, 2.45) is 0 Å². The zero-order valence-corrected chi connectivity index (χ0v) is 13.0. The summed E-state index contributed by atoms with van der Waals surface area (Å²) in [5.74, 6) is 0.411. The van der Waals surface area contributed by atoms with Crippen LogP contribution in [-0.2, 0) is 0 Å². The molecule has 3 heterocycles. The number of carbonyl (C=O) groups is 1. The van der Waals surface area contributed by atoms with E-state index in [2.05, 4.69) is 25.6 Å². The third-order valence-electron chi connectivity index (χ3n) is 2.97. The number of ether oxygens (including phenoxy) is 1. The summed E-state index contributed by atoms with van der Waals surface area (Å²) < 4.78 is 5.12. The summed E-state index contributed by atoms with van der Waals surface area (Å²) in [4.78, 5) is 26.9. The molecule has 0 aliphatic carbocycles. The van der Waals surface area contributed by atoms with Crippen molar-refractivity contribution in [3.05, 3.63) is 6.33 Å². The number of hydrogen-bond donors (Lipinski definition) is 2. The minimum Gasteiger partial charge on any atom is -0.479 e. The summed E-state index contributed by atoms with van der Waals surface area (Å²) in [6.07, 6.45) is 1.42. The molecule has 0 unspecified atom stereocenters. The fraction of sp³-hybridized carbons (Fsp3) is 0.455. The molecule has 8 nitrogen and oxygen atoms in total. The molecular weight excluding hydrogens is 316 g/mol. The molecule has 0 bridgehead atoms. The van der Waals surface area contributed by atoms with E-state index < -0.39 is 0 Å². The summed E-state index contributed by atoms with van der Waals surface area (Å²) in [5, 5.41) is 6.50. The second kappa shape index (κ2) is 6.83. The van der Waals surface area contributed by atoms with Gasteiger partial charge in [0.25, 0.3) is 0 Å². The lowest BCUT2D eigenvalue weighted by Gasteiger charge is -2.26. The van der Waals surface area contributed by atoms with Crippen LogP contribution in [0.5, 0.6) is 5.88 Å².